The summed E-state index contributed by atoms with van der Waals surface area (Å²) < 4.78 is 13.2. The molecule has 0 unspecified atom stereocenters. The predicted molar refractivity (Wildman–Crippen MR) is 90.3 cm³/mol. The van der Waals surface area contributed by atoms with E-state index in [0.717, 1.165) is 12.0 Å². The lowest BCUT2D eigenvalue weighted by Gasteiger charge is -2.15. The van der Waals surface area contributed by atoms with Crippen LogP contribution in [-0.4, -0.2) is 17.9 Å². The van der Waals surface area contributed by atoms with Crippen LogP contribution in [0.3, 0.4) is 0 Å². The lowest BCUT2D eigenvalue weighted by molar-refractivity contribution is -0.125. The van der Waals surface area contributed by atoms with Crippen molar-refractivity contribution in [2.45, 2.75) is 25.3 Å². The monoisotopic (exact) mass is 327 g/mol. The van der Waals surface area contributed by atoms with Gasteiger partial charge >= 0.3 is 0 Å². The Hall–Kier alpha value is -2.69. The van der Waals surface area contributed by atoms with Crippen LogP contribution in [-0.2, 0) is 22.4 Å². The molecule has 0 aromatic heterocycles. The Bertz CT molecular complexity index is 689. The van der Waals surface area contributed by atoms with Gasteiger partial charge in [-0.2, -0.15) is 0 Å². The summed E-state index contributed by atoms with van der Waals surface area (Å²) in [7, 11) is 0. The fourth-order valence-electron chi connectivity index (χ4n) is 2.37. The zero-order valence-corrected chi connectivity index (χ0v) is 13.2. The number of primary amides is 1. The van der Waals surface area contributed by atoms with Crippen molar-refractivity contribution in [1.82, 2.24) is 5.32 Å². The first-order chi connectivity index (χ1) is 11.5. The molecule has 0 fully saturated rings. The van der Waals surface area contributed by atoms with Crippen molar-refractivity contribution in [3.63, 3.8) is 0 Å². The largest absolute Gasteiger partial charge is 0.368 e. The SMILES string of the molecule is NC(=O)[C@H](Cc1cccc(F)c1)NC(=O)[CH]CCc1ccccc1. The maximum Gasteiger partial charge on any atom is 0.240 e. The molecule has 1 radical (unpaired) electrons. The highest BCUT2D eigenvalue weighted by Crippen LogP contribution is 2.08. The summed E-state index contributed by atoms with van der Waals surface area (Å²) in [6.07, 6.45) is 2.95. The van der Waals surface area contributed by atoms with E-state index in [1.807, 2.05) is 30.3 Å². The van der Waals surface area contributed by atoms with E-state index in [1.165, 1.54) is 18.6 Å². The Morgan fingerprint density at radius 2 is 1.79 bits per heavy atom. The van der Waals surface area contributed by atoms with Gasteiger partial charge in [0, 0.05) is 12.8 Å². The Morgan fingerprint density at radius 1 is 1.08 bits per heavy atom. The highest BCUT2D eigenvalue weighted by atomic mass is 19.1. The Balaban J connectivity index is 1.83. The Morgan fingerprint density at radius 3 is 2.46 bits per heavy atom. The molecule has 4 nitrogen and oxygen atoms in total. The molecule has 24 heavy (non-hydrogen) atoms. The van der Waals surface area contributed by atoms with Gasteiger partial charge in [0.2, 0.25) is 11.8 Å². The van der Waals surface area contributed by atoms with Crippen LogP contribution < -0.4 is 11.1 Å². The van der Waals surface area contributed by atoms with Crippen LogP contribution in [0.4, 0.5) is 4.39 Å². The van der Waals surface area contributed by atoms with E-state index in [0.29, 0.717) is 12.0 Å². The molecule has 0 spiro atoms. The van der Waals surface area contributed by atoms with Crippen molar-refractivity contribution in [3.8, 4) is 0 Å². The summed E-state index contributed by atoms with van der Waals surface area (Å²) in [4.78, 5) is 23.5. The van der Waals surface area contributed by atoms with E-state index in [4.69, 9.17) is 5.73 Å². The standard InChI is InChI=1S/C19H20FN2O2/c20-16-10-4-9-15(12-16)13-17(19(21)24)22-18(23)11-5-8-14-6-2-1-3-7-14/h1-4,6-7,9-12,17H,5,8,13H2,(H2,21,24)(H,22,23)/t17-/m0/s1. The number of nitrogens with two attached hydrogens (primary N) is 1. The second-order valence-corrected chi connectivity index (χ2v) is 5.53. The van der Waals surface area contributed by atoms with Crippen LogP contribution in [0.25, 0.3) is 0 Å². The molecule has 2 aromatic carbocycles. The Kier molecular flexibility index (Phi) is 6.49. The quantitative estimate of drug-likeness (QED) is 0.780. The fraction of sp³-hybridized carbons (Fsp3) is 0.211. The molecule has 0 aliphatic heterocycles. The first-order valence-electron chi connectivity index (χ1n) is 7.76. The normalized spacial score (nSPS) is 11.7. The number of benzene rings is 2. The first-order valence-corrected chi connectivity index (χ1v) is 7.76. The van der Waals surface area contributed by atoms with Gasteiger partial charge in [-0.3, -0.25) is 9.59 Å². The van der Waals surface area contributed by atoms with Crippen molar-refractivity contribution < 1.29 is 14.0 Å². The molecule has 5 heteroatoms. The summed E-state index contributed by atoms with van der Waals surface area (Å²) in [5, 5.41) is 2.58. The average Bonchev–Trinajstić information content (AvgIpc) is 2.55. The number of halogens is 1. The minimum Gasteiger partial charge on any atom is -0.368 e. The van der Waals surface area contributed by atoms with E-state index in [2.05, 4.69) is 5.32 Å². The zero-order valence-electron chi connectivity index (χ0n) is 13.2. The third-order valence-electron chi connectivity index (χ3n) is 3.59. The zero-order chi connectivity index (χ0) is 17.4. The highest BCUT2D eigenvalue weighted by molar-refractivity contribution is 5.90. The van der Waals surface area contributed by atoms with Gasteiger partial charge < -0.3 is 11.1 Å². The topological polar surface area (TPSA) is 72.2 Å². The first kappa shape index (κ1) is 17.7. The molecule has 0 aliphatic carbocycles. The number of amides is 2. The molecule has 125 valence electrons. The maximum absolute atomic E-state index is 13.2. The molecule has 1 atom stereocenters. The number of hydrogen-bond acceptors (Lipinski definition) is 2. The van der Waals surface area contributed by atoms with Gasteiger partial charge in [-0.1, -0.05) is 42.5 Å². The van der Waals surface area contributed by atoms with Gasteiger partial charge in [-0.15, -0.1) is 0 Å². The van der Waals surface area contributed by atoms with E-state index >= 15 is 0 Å². The molecule has 0 aliphatic rings. The van der Waals surface area contributed by atoms with Gasteiger partial charge in [-0.05, 0) is 36.1 Å². The molecule has 0 saturated carbocycles. The minimum atomic E-state index is -0.868. The molecule has 2 rings (SSSR count). The van der Waals surface area contributed by atoms with Crippen LogP contribution in [0.15, 0.2) is 54.6 Å². The predicted octanol–water partition coefficient (Wildman–Crippen LogP) is 2.18. The van der Waals surface area contributed by atoms with E-state index in [-0.39, 0.29) is 12.3 Å². The van der Waals surface area contributed by atoms with Crippen LogP contribution in [0, 0.1) is 12.2 Å². The summed E-state index contributed by atoms with van der Waals surface area (Å²) in [5.74, 6) is -1.40. The average molecular weight is 327 g/mol. The van der Waals surface area contributed by atoms with Gasteiger partial charge in [0.15, 0.2) is 0 Å². The molecule has 2 aromatic rings. The minimum absolute atomic E-state index is 0.158. The Labute approximate surface area is 140 Å². The van der Waals surface area contributed by atoms with Crippen LogP contribution >= 0.6 is 0 Å². The molecule has 0 saturated heterocycles. The second kappa shape index (κ2) is 8.82. The second-order valence-electron chi connectivity index (χ2n) is 5.53. The van der Waals surface area contributed by atoms with E-state index in [9.17, 15) is 14.0 Å². The smallest absolute Gasteiger partial charge is 0.240 e. The highest BCUT2D eigenvalue weighted by Gasteiger charge is 2.18. The van der Waals surface area contributed by atoms with Crippen molar-refractivity contribution in [2.75, 3.05) is 0 Å². The van der Waals surface area contributed by atoms with Gasteiger partial charge in [-0.25, -0.2) is 4.39 Å². The molecule has 0 bridgehead atoms. The van der Waals surface area contributed by atoms with Gasteiger partial charge in [0.1, 0.15) is 11.9 Å². The third kappa shape index (κ3) is 5.83. The van der Waals surface area contributed by atoms with Crippen molar-refractivity contribution in [2.24, 2.45) is 5.73 Å². The van der Waals surface area contributed by atoms with Crippen LogP contribution in [0.5, 0.6) is 0 Å². The van der Waals surface area contributed by atoms with Crippen molar-refractivity contribution in [1.29, 1.82) is 0 Å². The number of nitrogens with one attached hydrogen (secondary N) is 1. The molecule has 2 amide bonds. The number of hydrogen-bond donors (Lipinski definition) is 2. The molecule has 0 heterocycles. The lowest BCUT2D eigenvalue weighted by atomic mass is 10.0. The third-order valence-corrected chi connectivity index (χ3v) is 3.59. The molecule has 3 N–H and O–H groups in total. The van der Waals surface area contributed by atoms with Crippen LogP contribution in [0.2, 0.25) is 0 Å². The van der Waals surface area contributed by atoms with Crippen molar-refractivity contribution in [3.05, 3.63) is 78.0 Å². The summed E-state index contributed by atoms with van der Waals surface area (Å²) in [5.41, 5.74) is 7.06. The molecular formula is C19H20FN2O2. The molecular weight excluding hydrogens is 307 g/mol. The van der Waals surface area contributed by atoms with Crippen molar-refractivity contribution >= 4 is 11.8 Å². The number of carbonyl (C=O) groups excluding carboxylic acids is 2. The maximum atomic E-state index is 13.2. The number of aryl methyl sites for hydroxylation is 1. The fourth-order valence-corrected chi connectivity index (χ4v) is 2.37. The summed E-state index contributed by atoms with van der Waals surface area (Å²) in [6.45, 7) is 0. The summed E-state index contributed by atoms with van der Waals surface area (Å²) in [6, 6.07) is 14.8. The van der Waals surface area contributed by atoms with Gasteiger partial charge in [0.05, 0.1) is 0 Å². The number of carbonyl (C=O) groups is 2. The van der Waals surface area contributed by atoms with E-state index in [1.54, 1.807) is 12.1 Å². The number of rotatable bonds is 8. The lowest BCUT2D eigenvalue weighted by Crippen LogP contribution is -2.46. The summed E-state index contributed by atoms with van der Waals surface area (Å²) >= 11 is 0. The van der Waals surface area contributed by atoms with E-state index < -0.39 is 17.8 Å². The van der Waals surface area contributed by atoms with Crippen LogP contribution in [0.1, 0.15) is 17.5 Å². The van der Waals surface area contributed by atoms with Gasteiger partial charge in [0.25, 0.3) is 0 Å².